The minimum atomic E-state index is -4.37. The minimum absolute atomic E-state index is 0.0500. The lowest BCUT2D eigenvalue weighted by Crippen LogP contribution is -2.46. The summed E-state index contributed by atoms with van der Waals surface area (Å²) in [6, 6.07) is -0.971. The average molecular weight is 551 g/mol. The van der Waals surface area contributed by atoms with Crippen LogP contribution >= 0.6 is 7.82 Å². The van der Waals surface area contributed by atoms with E-state index < -0.39 is 38.6 Å². The molecule has 0 aromatic rings. The van der Waals surface area contributed by atoms with Gasteiger partial charge in [-0.3, -0.25) is 13.8 Å². The second-order valence-electron chi connectivity index (χ2n) is 9.80. The van der Waals surface area contributed by atoms with Crippen LogP contribution in [0.15, 0.2) is 12.2 Å². The summed E-state index contributed by atoms with van der Waals surface area (Å²) in [6.07, 6.45) is 17.6. The maximum absolute atomic E-state index is 12.5. The number of nitrogens with two attached hydrogens (primary N) is 1. The Bertz CT molecular complexity index is 622. The standard InChI is InChI=1S/C27H55N2O7P/c1-3-5-7-9-11-13-14-16-18-24(30)22-27(32)29-25(23-36-37(33,34)35-21-20-28)26(31)19-17-15-12-10-8-6-4-2/h17,19,24-26,30-31H,3-16,18,20-23,28H2,1-2H3,(H,29,32)(H,33,34)/b19-17+. The molecule has 0 radical (unpaired) electrons. The van der Waals surface area contributed by atoms with Crippen molar-refractivity contribution in [2.24, 2.45) is 5.73 Å². The third-order valence-electron chi connectivity index (χ3n) is 6.17. The number of hydrogen-bond acceptors (Lipinski definition) is 7. The smallest absolute Gasteiger partial charge is 0.393 e. The van der Waals surface area contributed by atoms with Crippen LogP contribution in [0.25, 0.3) is 0 Å². The van der Waals surface area contributed by atoms with Crippen LogP contribution in [0.4, 0.5) is 0 Å². The molecule has 0 aliphatic heterocycles. The van der Waals surface area contributed by atoms with E-state index in [4.69, 9.17) is 14.8 Å². The zero-order valence-electron chi connectivity index (χ0n) is 23.3. The summed E-state index contributed by atoms with van der Waals surface area (Å²) in [4.78, 5) is 22.3. The molecule has 4 unspecified atom stereocenters. The molecule has 220 valence electrons. The van der Waals surface area contributed by atoms with Gasteiger partial charge in [0.1, 0.15) is 0 Å². The highest BCUT2D eigenvalue weighted by atomic mass is 31.2. The second-order valence-corrected chi connectivity index (χ2v) is 11.3. The first-order valence-electron chi connectivity index (χ1n) is 14.4. The molecule has 0 saturated carbocycles. The van der Waals surface area contributed by atoms with Gasteiger partial charge < -0.3 is 26.2 Å². The van der Waals surface area contributed by atoms with Crippen LogP contribution in [0.3, 0.4) is 0 Å². The summed E-state index contributed by atoms with van der Waals surface area (Å²) < 4.78 is 21.7. The highest BCUT2D eigenvalue weighted by Crippen LogP contribution is 2.43. The highest BCUT2D eigenvalue weighted by Gasteiger charge is 2.27. The Balaban J connectivity index is 4.63. The normalized spacial score (nSPS) is 15.9. The molecule has 0 aromatic carbocycles. The maximum Gasteiger partial charge on any atom is 0.472 e. The summed E-state index contributed by atoms with van der Waals surface area (Å²) in [5, 5.41) is 23.5. The number of carbonyl (C=O) groups is 1. The molecular weight excluding hydrogens is 495 g/mol. The van der Waals surface area contributed by atoms with Crippen molar-refractivity contribution in [1.29, 1.82) is 0 Å². The van der Waals surface area contributed by atoms with Gasteiger partial charge in [0.2, 0.25) is 5.91 Å². The summed E-state index contributed by atoms with van der Waals surface area (Å²) >= 11 is 0. The van der Waals surface area contributed by atoms with Crippen molar-refractivity contribution in [3.63, 3.8) is 0 Å². The number of phosphoric ester groups is 1. The number of amides is 1. The molecule has 0 bridgehead atoms. The average Bonchev–Trinajstić information content (AvgIpc) is 2.86. The fourth-order valence-corrected chi connectivity index (χ4v) is 4.70. The Hall–Kier alpha value is -0.800. The van der Waals surface area contributed by atoms with Crippen LogP contribution in [0.1, 0.15) is 117 Å². The van der Waals surface area contributed by atoms with Gasteiger partial charge in [-0.25, -0.2) is 4.57 Å². The van der Waals surface area contributed by atoms with E-state index in [1.165, 1.54) is 51.4 Å². The molecule has 0 aliphatic carbocycles. The molecule has 0 fully saturated rings. The number of unbranched alkanes of at least 4 members (excludes halogenated alkanes) is 12. The molecular formula is C27H55N2O7P. The molecule has 0 saturated heterocycles. The molecule has 0 aliphatic rings. The number of aliphatic hydroxyl groups is 2. The Morgan fingerprint density at radius 3 is 2.08 bits per heavy atom. The fourth-order valence-electron chi connectivity index (χ4n) is 3.94. The van der Waals surface area contributed by atoms with Crippen molar-refractivity contribution in [1.82, 2.24) is 5.32 Å². The molecule has 0 heterocycles. The van der Waals surface area contributed by atoms with Crippen LogP contribution < -0.4 is 11.1 Å². The molecule has 10 heteroatoms. The zero-order chi connectivity index (χ0) is 27.8. The number of hydrogen-bond donors (Lipinski definition) is 5. The van der Waals surface area contributed by atoms with Gasteiger partial charge in [-0.1, -0.05) is 103 Å². The van der Waals surface area contributed by atoms with Gasteiger partial charge in [0, 0.05) is 6.54 Å². The Morgan fingerprint density at radius 1 is 0.919 bits per heavy atom. The van der Waals surface area contributed by atoms with Gasteiger partial charge in [-0.05, 0) is 19.3 Å². The predicted molar refractivity (Wildman–Crippen MR) is 149 cm³/mol. The highest BCUT2D eigenvalue weighted by molar-refractivity contribution is 7.47. The van der Waals surface area contributed by atoms with Gasteiger partial charge in [0.15, 0.2) is 0 Å². The van der Waals surface area contributed by atoms with E-state index in [1.807, 2.05) is 6.08 Å². The largest absolute Gasteiger partial charge is 0.472 e. The third kappa shape index (κ3) is 22.9. The number of allylic oxidation sites excluding steroid dienone is 1. The summed E-state index contributed by atoms with van der Waals surface area (Å²) in [7, 11) is -4.37. The van der Waals surface area contributed by atoms with E-state index in [2.05, 4.69) is 19.2 Å². The first kappa shape index (κ1) is 36.2. The number of aliphatic hydroxyl groups excluding tert-OH is 2. The number of carbonyl (C=O) groups excluding carboxylic acids is 1. The lowest BCUT2D eigenvalue weighted by Gasteiger charge is -2.24. The van der Waals surface area contributed by atoms with Crippen molar-refractivity contribution in [2.45, 2.75) is 135 Å². The Labute approximate surface area is 225 Å². The molecule has 4 atom stereocenters. The van der Waals surface area contributed by atoms with E-state index >= 15 is 0 Å². The topological polar surface area (TPSA) is 151 Å². The molecule has 0 aromatic heterocycles. The number of nitrogens with one attached hydrogen (secondary N) is 1. The number of phosphoric acid groups is 1. The summed E-state index contributed by atoms with van der Waals surface area (Å²) in [5.41, 5.74) is 5.29. The van der Waals surface area contributed by atoms with Crippen LogP contribution in [0, 0.1) is 0 Å². The van der Waals surface area contributed by atoms with Gasteiger partial charge in [0.05, 0.1) is 37.9 Å². The number of rotatable bonds is 26. The van der Waals surface area contributed by atoms with Crippen LogP contribution in [-0.2, 0) is 18.4 Å². The molecule has 1 amide bonds. The van der Waals surface area contributed by atoms with Crippen LogP contribution in [0.2, 0.25) is 0 Å². The SMILES string of the molecule is CCCCCCC/C=C/C(O)C(COP(=O)(O)OCCN)NC(=O)CC(O)CCCCCCCCCC. The maximum atomic E-state index is 12.5. The van der Waals surface area contributed by atoms with Gasteiger partial charge in [0.25, 0.3) is 0 Å². The second kappa shape index (κ2) is 24.3. The zero-order valence-corrected chi connectivity index (χ0v) is 24.2. The van der Waals surface area contributed by atoms with Crippen molar-refractivity contribution < 1.29 is 33.5 Å². The first-order valence-corrected chi connectivity index (χ1v) is 15.9. The lowest BCUT2D eigenvalue weighted by atomic mass is 10.0. The van der Waals surface area contributed by atoms with E-state index in [-0.39, 0.29) is 19.6 Å². The molecule has 0 rings (SSSR count). The van der Waals surface area contributed by atoms with Gasteiger partial charge in [-0.15, -0.1) is 0 Å². The Morgan fingerprint density at radius 2 is 1.49 bits per heavy atom. The molecule has 0 spiro atoms. The molecule has 6 N–H and O–H groups in total. The third-order valence-corrected chi connectivity index (χ3v) is 7.15. The van der Waals surface area contributed by atoms with Gasteiger partial charge >= 0.3 is 7.82 Å². The van der Waals surface area contributed by atoms with Crippen LogP contribution in [0.5, 0.6) is 0 Å². The van der Waals surface area contributed by atoms with E-state index in [0.717, 1.165) is 38.5 Å². The van der Waals surface area contributed by atoms with E-state index in [1.54, 1.807) is 6.08 Å². The van der Waals surface area contributed by atoms with Crippen molar-refractivity contribution in [3.05, 3.63) is 12.2 Å². The first-order chi connectivity index (χ1) is 17.8. The summed E-state index contributed by atoms with van der Waals surface area (Å²) in [6.45, 7) is 3.82. The lowest BCUT2D eigenvalue weighted by molar-refractivity contribution is -0.124. The predicted octanol–water partition coefficient (Wildman–Crippen LogP) is 5.12. The van der Waals surface area contributed by atoms with Crippen LogP contribution in [-0.4, -0.2) is 59.0 Å². The quantitative estimate of drug-likeness (QED) is 0.0565. The minimum Gasteiger partial charge on any atom is -0.393 e. The van der Waals surface area contributed by atoms with Crippen molar-refractivity contribution in [3.8, 4) is 0 Å². The fraction of sp³-hybridized carbons (Fsp3) is 0.889. The van der Waals surface area contributed by atoms with Crippen molar-refractivity contribution in [2.75, 3.05) is 19.8 Å². The monoisotopic (exact) mass is 550 g/mol. The van der Waals surface area contributed by atoms with E-state index in [0.29, 0.717) is 6.42 Å². The molecule has 9 nitrogen and oxygen atoms in total. The van der Waals surface area contributed by atoms with Crippen molar-refractivity contribution >= 4 is 13.7 Å². The summed E-state index contributed by atoms with van der Waals surface area (Å²) in [5.74, 6) is -0.455. The molecule has 37 heavy (non-hydrogen) atoms. The Kier molecular flexibility index (Phi) is 23.7. The van der Waals surface area contributed by atoms with Gasteiger partial charge in [-0.2, -0.15) is 0 Å². The van der Waals surface area contributed by atoms with E-state index in [9.17, 15) is 24.5 Å².